The lowest BCUT2D eigenvalue weighted by atomic mass is 10.0. The number of carbonyl (C=O) groups is 2. The zero-order valence-corrected chi connectivity index (χ0v) is 21.8. The van der Waals surface area contributed by atoms with Gasteiger partial charge in [-0.1, -0.05) is 84.4 Å². The third kappa shape index (κ3) is 9.14. The highest BCUT2D eigenvalue weighted by Gasteiger charge is 2.30. The van der Waals surface area contributed by atoms with Crippen molar-refractivity contribution in [2.75, 3.05) is 13.2 Å². The first-order valence-corrected chi connectivity index (χ1v) is 12.8. The minimum Gasteiger partial charge on any atom is -0.379 e. The maximum Gasteiger partial charge on any atom is 0.243 e. The van der Waals surface area contributed by atoms with Crippen molar-refractivity contribution < 1.29 is 14.3 Å². The van der Waals surface area contributed by atoms with Crippen LogP contribution in [0.4, 0.5) is 0 Å². The molecule has 1 atom stereocenters. The van der Waals surface area contributed by atoms with Crippen molar-refractivity contribution in [3.63, 3.8) is 0 Å². The van der Waals surface area contributed by atoms with Crippen molar-refractivity contribution in [3.8, 4) is 0 Å². The normalized spacial score (nSPS) is 11.8. The Balaban J connectivity index is 1.84. The van der Waals surface area contributed by atoms with Crippen molar-refractivity contribution >= 4 is 23.4 Å². The van der Waals surface area contributed by atoms with E-state index in [0.717, 1.165) is 16.7 Å². The Hall–Kier alpha value is -3.15. The van der Waals surface area contributed by atoms with Crippen LogP contribution in [0.2, 0.25) is 5.02 Å². The second-order valence-electron chi connectivity index (χ2n) is 9.08. The molecule has 0 saturated carbocycles. The van der Waals surface area contributed by atoms with Crippen LogP contribution in [-0.2, 0) is 33.7 Å². The number of rotatable bonds is 13. The fourth-order valence-corrected chi connectivity index (χ4v) is 4.06. The first-order valence-electron chi connectivity index (χ1n) is 12.4. The Morgan fingerprint density at radius 1 is 0.861 bits per heavy atom. The third-order valence-corrected chi connectivity index (χ3v) is 6.06. The van der Waals surface area contributed by atoms with Gasteiger partial charge in [0.15, 0.2) is 0 Å². The maximum absolute atomic E-state index is 13.7. The molecule has 0 heterocycles. The van der Waals surface area contributed by atoms with Crippen LogP contribution < -0.4 is 5.32 Å². The summed E-state index contributed by atoms with van der Waals surface area (Å²) in [6, 6.07) is 26.2. The van der Waals surface area contributed by atoms with E-state index >= 15 is 0 Å². The number of hydrogen-bond acceptors (Lipinski definition) is 3. The van der Waals surface area contributed by atoms with E-state index in [0.29, 0.717) is 37.6 Å². The van der Waals surface area contributed by atoms with Gasteiger partial charge in [0.1, 0.15) is 6.04 Å². The zero-order valence-electron chi connectivity index (χ0n) is 21.0. The van der Waals surface area contributed by atoms with Crippen molar-refractivity contribution in [3.05, 3.63) is 107 Å². The molecule has 0 unspecified atom stereocenters. The highest BCUT2D eigenvalue weighted by molar-refractivity contribution is 6.30. The van der Waals surface area contributed by atoms with Gasteiger partial charge in [0.05, 0.1) is 12.5 Å². The van der Waals surface area contributed by atoms with Crippen LogP contribution in [-0.4, -0.2) is 42.0 Å². The number of amides is 2. The Kier molecular flexibility index (Phi) is 11.0. The molecule has 3 rings (SSSR count). The van der Waals surface area contributed by atoms with Crippen LogP contribution in [0.5, 0.6) is 0 Å². The summed E-state index contributed by atoms with van der Waals surface area (Å²) in [6.07, 6.45) is 1.49. The van der Waals surface area contributed by atoms with E-state index in [1.807, 2.05) is 86.6 Å². The number of halogens is 1. The monoisotopic (exact) mass is 506 g/mol. The molecule has 0 aromatic heterocycles. The molecular weight excluding hydrogens is 472 g/mol. The molecule has 3 aromatic carbocycles. The molecule has 0 spiro atoms. The second-order valence-corrected chi connectivity index (χ2v) is 9.52. The predicted molar refractivity (Wildman–Crippen MR) is 145 cm³/mol. The van der Waals surface area contributed by atoms with Crippen molar-refractivity contribution in [1.29, 1.82) is 0 Å². The largest absolute Gasteiger partial charge is 0.379 e. The van der Waals surface area contributed by atoms with E-state index in [2.05, 4.69) is 5.32 Å². The van der Waals surface area contributed by atoms with E-state index in [4.69, 9.17) is 16.3 Å². The van der Waals surface area contributed by atoms with Crippen molar-refractivity contribution in [2.45, 2.75) is 51.8 Å². The Morgan fingerprint density at radius 2 is 1.47 bits per heavy atom. The smallest absolute Gasteiger partial charge is 0.243 e. The molecule has 0 radical (unpaired) electrons. The topological polar surface area (TPSA) is 58.6 Å². The molecule has 0 aliphatic heterocycles. The quantitative estimate of drug-likeness (QED) is 0.313. The van der Waals surface area contributed by atoms with E-state index in [-0.39, 0.29) is 24.3 Å². The molecule has 0 saturated heterocycles. The first-order chi connectivity index (χ1) is 17.4. The van der Waals surface area contributed by atoms with Gasteiger partial charge in [-0.05, 0) is 49.1 Å². The molecule has 0 aliphatic carbocycles. The number of nitrogens with one attached hydrogen (secondary N) is 1. The lowest BCUT2D eigenvalue weighted by Crippen LogP contribution is -2.51. The van der Waals surface area contributed by atoms with Crippen molar-refractivity contribution in [1.82, 2.24) is 10.2 Å². The summed E-state index contributed by atoms with van der Waals surface area (Å²) in [7, 11) is 0. The molecule has 0 fully saturated rings. The first kappa shape index (κ1) is 27.4. The zero-order chi connectivity index (χ0) is 25.8. The average molecular weight is 507 g/mol. The van der Waals surface area contributed by atoms with Gasteiger partial charge >= 0.3 is 0 Å². The third-order valence-electron chi connectivity index (χ3n) is 5.81. The average Bonchev–Trinajstić information content (AvgIpc) is 2.88. The summed E-state index contributed by atoms with van der Waals surface area (Å²) in [5.41, 5.74) is 2.82. The van der Waals surface area contributed by atoms with Crippen molar-refractivity contribution in [2.24, 2.45) is 0 Å². The Labute approximate surface area is 219 Å². The maximum atomic E-state index is 13.7. The summed E-state index contributed by atoms with van der Waals surface area (Å²) < 4.78 is 5.59. The van der Waals surface area contributed by atoms with Gasteiger partial charge in [0.25, 0.3) is 0 Å². The summed E-state index contributed by atoms with van der Waals surface area (Å²) in [4.78, 5) is 28.9. The van der Waals surface area contributed by atoms with E-state index in [1.165, 1.54) is 0 Å². The molecule has 6 heteroatoms. The highest BCUT2D eigenvalue weighted by Crippen LogP contribution is 2.18. The SMILES string of the molecule is CC(C)OCCCNC(=O)[C@@H](Cc1ccccc1)N(Cc1ccc(Cl)cc1)C(=O)Cc1ccccc1. The molecular formula is C30H35ClN2O3. The van der Waals surface area contributed by atoms with Crippen LogP contribution in [0.3, 0.4) is 0 Å². The van der Waals surface area contributed by atoms with Gasteiger partial charge in [0, 0.05) is 31.1 Å². The number of hydrogen-bond donors (Lipinski definition) is 1. The van der Waals surface area contributed by atoms with Crippen LogP contribution in [0, 0.1) is 0 Å². The van der Waals surface area contributed by atoms with Gasteiger partial charge < -0.3 is 15.0 Å². The summed E-state index contributed by atoms with van der Waals surface area (Å²) >= 11 is 6.09. The van der Waals surface area contributed by atoms with Gasteiger partial charge in [-0.15, -0.1) is 0 Å². The van der Waals surface area contributed by atoms with Gasteiger partial charge in [-0.25, -0.2) is 0 Å². The van der Waals surface area contributed by atoms with Crippen LogP contribution in [0.15, 0.2) is 84.9 Å². The van der Waals surface area contributed by atoms with Gasteiger partial charge in [0.2, 0.25) is 11.8 Å². The fourth-order valence-electron chi connectivity index (χ4n) is 3.93. The second kappa shape index (κ2) is 14.4. The number of benzene rings is 3. The number of carbonyl (C=O) groups excluding carboxylic acids is 2. The summed E-state index contributed by atoms with van der Waals surface area (Å²) in [5, 5.41) is 3.66. The highest BCUT2D eigenvalue weighted by atomic mass is 35.5. The predicted octanol–water partition coefficient (Wildman–Crippen LogP) is 5.45. The van der Waals surface area contributed by atoms with Crippen LogP contribution in [0.25, 0.3) is 0 Å². The molecule has 0 bridgehead atoms. The van der Waals surface area contributed by atoms with Gasteiger partial charge in [-0.3, -0.25) is 9.59 Å². The fraction of sp³-hybridized carbons (Fsp3) is 0.333. The molecule has 0 aliphatic rings. The minimum absolute atomic E-state index is 0.102. The van der Waals surface area contributed by atoms with Crippen LogP contribution in [0.1, 0.15) is 37.0 Å². The van der Waals surface area contributed by atoms with E-state index < -0.39 is 6.04 Å². The van der Waals surface area contributed by atoms with Gasteiger partial charge in [-0.2, -0.15) is 0 Å². The molecule has 3 aromatic rings. The van der Waals surface area contributed by atoms with E-state index in [1.54, 1.807) is 17.0 Å². The number of ether oxygens (including phenoxy) is 1. The Bertz CT molecular complexity index is 1070. The summed E-state index contributed by atoms with van der Waals surface area (Å²) in [5.74, 6) is -0.269. The summed E-state index contributed by atoms with van der Waals surface area (Å²) in [6.45, 7) is 5.34. The molecule has 5 nitrogen and oxygen atoms in total. The molecule has 1 N–H and O–H groups in total. The molecule has 2 amide bonds. The lowest BCUT2D eigenvalue weighted by molar-refractivity contribution is -0.140. The lowest BCUT2D eigenvalue weighted by Gasteiger charge is -2.32. The minimum atomic E-state index is -0.662. The molecule has 190 valence electrons. The Morgan fingerprint density at radius 3 is 2.08 bits per heavy atom. The van der Waals surface area contributed by atoms with Crippen LogP contribution >= 0.6 is 11.6 Å². The molecule has 36 heavy (non-hydrogen) atoms. The van der Waals surface area contributed by atoms with E-state index in [9.17, 15) is 9.59 Å². The number of nitrogens with zero attached hydrogens (tertiary/aromatic N) is 1. The standard InChI is InChI=1S/C30H35ClN2O3/c1-23(2)36-19-9-18-32-30(35)28(20-24-10-5-3-6-11-24)33(22-26-14-16-27(31)17-15-26)29(34)21-25-12-7-4-8-13-25/h3-8,10-17,23,28H,9,18-22H2,1-2H3,(H,32,35)/t28-/m1/s1.